The Morgan fingerprint density at radius 3 is 1.65 bits per heavy atom. The minimum Gasteiger partial charge on any atom is -0.493 e. The van der Waals surface area contributed by atoms with Gasteiger partial charge in [0, 0.05) is 33.2 Å². The molecule has 0 aliphatic heterocycles. The van der Waals surface area contributed by atoms with Crippen LogP contribution in [0, 0.1) is 13.8 Å². The first-order chi connectivity index (χ1) is 15.1. The van der Waals surface area contributed by atoms with Crippen LogP contribution in [0.1, 0.15) is 34.0 Å². The molecular weight excluding hydrogens is 384 g/mol. The summed E-state index contributed by atoms with van der Waals surface area (Å²) >= 11 is 0. The van der Waals surface area contributed by atoms with Crippen LogP contribution in [-0.2, 0) is 0 Å². The Labute approximate surface area is 181 Å². The second kappa shape index (κ2) is 7.55. The number of hydrogen-bond acceptors (Lipinski definition) is 2. The Balaban J connectivity index is 1.80. The summed E-state index contributed by atoms with van der Waals surface area (Å²) in [5.41, 5.74) is 8.32. The standard InChI is InChI=1S/C27H26N2O2/c1-16-19-9-5-7-11-21(19)28-26(16)25(18-13-14-23(30-3)24(15-18)31-4)27-17(2)20-10-6-8-12-22(20)29-27/h5-15,25,28-29H,1-4H3. The predicted octanol–water partition coefficient (Wildman–Crippen LogP) is 6.46. The van der Waals surface area contributed by atoms with Gasteiger partial charge in [-0.1, -0.05) is 42.5 Å². The lowest BCUT2D eigenvalue weighted by Crippen LogP contribution is -2.08. The zero-order valence-corrected chi connectivity index (χ0v) is 18.2. The van der Waals surface area contributed by atoms with Gasteiger partial charge in [0.15, 0.2) is 11.5 Å². The van der Waals surface area contributed by atoms with Crippen LogP contribution in [0.25, 0.3) is 21.8 Å². The minimum atomic E-state index is -0.000365. The average molecular weight is 411 g/mol. The fraction of sp³-hybridized carbons (Fsp3) is 0.185. The molecule has 0 aliphatic carbocycles. The van der Waals surface area contributed by atoms with E-state index in [-0.39, 0.29) is 5.92 Å². The highest BCUT2D eigenvalue weighted by Gasteiger charge is 2.26. The molecule has 4 nitrogen and oxygen atoms in total. The van der Waals surface area contributed by atoms with Crippen LogP contribution in [0.2, 0.25) is 0 Å². The fourth-order valence-electron chi connectivity index (χ4n) is 4.69. The first kappa shape index (κ1) is 19.3. The van der Waals surface area contributed by atoms with Crippen molar-refractivity contribution in [1.29, 1.82) is 0 Å². The van der Waals surface area contributed by atoms with Crippen molar-refractivity contribution in [2.75, 3.05) is 14.2 Å². The number of H-pyrrole nitrogens is 2. The molecule has 0 saturated heterocycles. The van der Waals surface area contributed by atoms with E-state index >= 15 is 0 Å². The highest BCUT2D eigenvalue weighted by Crippen LogP contribution is 2.41. The van der Waals surface area contributed by atoms with Crippen molar-refractivity contribution in [3.8, 4) is 11.5 Å². The molecule has 0 aliphatic rings. The zero-order valence-electron chi connectivity index (χ0n) is 18.2. The topological polar surface area (TPSA) is 50.0 Å². The molecule has 2 aromatic heterocycles. The maximum Gasteiger partial charge on any atom is 0.161 e. The molecule has 4 heteroatoms. The second-order valence-corrected chi connectivity index (χ2v) is 7.97. The van der Waals surface area contributed by atoms with E-state index in [2.05, 4.69) is 84.5 Å². The average Bonchev–Trinajstić information content (AvgIpc) is 3.31. The zero-order chi connectivity index (χ0) is 21.5. The third-order valence-corrected chi connectivity index (χ3v) is 6.33. The molecule has 0 bridgehead atoms. The van der Waals surface area contributed by atoms with Crippen LogP contribution >= 0.6 is 0 Å². The number of rotatable bonds is 5. The maximum absolute atomic E-state index is 5.63. The molecular formula is C27H26N2O2. The van der Waals surface area contributed by atoms with Gasteiger partial charge >= 0.3 is 0 Å². The number of methoxy groups -OCH3 is 2. The number of aromatic nitrogens is 2. The molecule has 0 saturated carbocycles. The molecule has 0 atom stereocenters. The number of aromatic amines is 2. The van der Waals surface area contributed by atoms with Crippen molar-refractivity contribution in [2.45, 2.75) is 19.8 Å². The van der Waals surface area contributed by atoms with Gasteiger partial charge in [-0.3, -0.25) is 0 Å². The number of para-hydroxylation sites is 2. The lowest BCUT2D eigenvalue weighted by atomic mass is 9.88. The number of benzene rings is 3. The smallest absolute Gasteiger partial charge is 0.161 e. The Kier molecular flexibility index (Phi) is 4.70. The molecule has 0 amide bonds. The molecule has 5 aromatic rings. The molecule has 0 radical (unpaired) electrons. The molecule has 0 unspecified atom stereocenters. The molecule has 3 aromatic carbocycles. The van der Waals surface area contributed by atoms with Gasteiger partial charge in [-0.2, -0.15) is 0 Å². The van der Waals surface area contributed by atoms with Crippen LogP contribution in [-0.4, -0.2) is 24.2 Å². The molecule has 2 heterocycles. The molecule has 0 spiro atoms. The van der Waals surface area contributed by atoms with Crippen LogP contribution < -0.4 is 9.47 Å². The Morgan fingerprint density at radius 2 is 1.16 bits per heavy atom. The quantitative estimate of drug-likeness (QED) is 0.349. The van der Waals surface area contributed by atoms with E-state index in [1.54, 1.807) is 14.2 Å². The lowest BCUT2D eigenvalue weighted by molar-refractivity contribution is 0.354. The molecule has 0 fully saturated rings. The van der Waals surface area contributed by atoms with Crippen molar-refractivity contribution in [1.82, 2.24) is 9.97 Å². The molecule has 2 N–H and O–H groups in total. The number of hydrogen-bond donors (Lipinski definition) is 2. The van der Waals surface area contributed by atoms with Crippen molar-refractivity contribution in [2.24, 2.45) is 0 Å². The van der Waals surface area contributed by atoms with Gasteiger partial charge in [-0.25, -0.2) is 0 Å². The SMILES string of the molecule is COc1ccc(C(c2[nH]c3ccccc3c2C)c2[nH]c3ccccc3c2C)cc1OC. The van der Waals surface area contributed by atoms with E-state index in [4.69, 9.17) is 9.47 Å². The van der Waals surface area contributed by atoms with Crippen molar-refractivity contribution < 1.29 is 9.47 Å². The van der Waals surface area contributed by atoms with Crippen LogP contribution in [0.4, 0.5) is 0 Å². The van der Waals surface area contributed by atoms with E-state index in [0.717, 1.165) is 28.1 Å². The van der Waals surface area contributed by atoms with Crippen molar-refractivity contribution in [3.05, 3.63) is 94.8 Å². The van der Waals surface area contributed by atoms with Crippen LogP contribution in [0.15, 0.2) is 66.7 Å². The van der Waals surface area contributed by atoms with Gasteiger partial charge in [0.2, 0.25) is 0 Å². The second-order valence-electron chi connectivity index (χ2n) is 7.97. The summed E-state index contributed by atoms with van der Waals surface area (Å²) in [6.45, 7) is 4.39. The van der Waals surface area contributed by atoms with E-state index in [9.17, 15) is 0 Å². The fourth-order valence-corrected chi connectivity index (χ4v) is 4.69. The van der Waals surface area contributed by atoms with Crippen molar-refractivity contribution in [3.63, 3.8) is 0 Å². The number of nitrogens with one attached hydrogen (secondary N) is 2. The van der Waals surface area contributed by atoms with E-state index in [0.29, 0.717) is 0 Å². The number of ether oxygens (including phenoxy) is 2. The molecule has 31 heavy (non-hydrogen) atoms. The summed E-state index contributed by atoms with van der Waals surface area (Å²) in [7, 11) is 3.34. The Hall–Kier alpha value is -3.66. The van der Waals surface area contributed by atoms with Gasteiger partial charge in [-0.05, 0) is 54.8 Å². The minimum absolute atomic E-state index is 0.000365. The Bertz CT molecular complexity index is 1310. The summed E-state index contributed by atoms with van der Waals surface area (Å²) in [4.78, 5) is 7.41. The predicted molar refractivity (Wildman–Crippen MR) is 127 cm³/mol. The third-order valence-electron chi connectivity index (χ3n) is 6.33. The number of fused-ring (bicyclic) bond motifs is 2. The van der Waals surface area contributed by atoms with Gasteiger partial charge in [0.1, 0.15) is 0 Å². The van der Waals surface area contributed by atoms with Crippen LogP contribution in [0.3, 0.4) is 0 Å². The third kappa shape index (κ3) is 3.07. The summed E-state index contributed by atoms with van der Waals surface area (Å²) in [5.74, 6) is 1.46. The molecule has 5 rings (SSSR count). The first-order valence-corrected chi connectivity index (χ1v) is 10.5. The highest BCUT2D eigenvalue weighted by molar-refractivity contribution is 5.87. The summed E-state index contributed by atoms with van der Waals surface area (Å²) in [5, 5.41) is 2.49. The van der Waals surface area contributed by atoms with Crippen LogP contribution in [0.5, 0.6) is 11.5 Å². The summed E-state index contributed by atoms with van der Waals surface area (Å²) in [6.07, 6.45) is 0. The lowest BCUT2D eigenvalue weighted by Gasteiger charge is -2.20. The molecule has 156 valence electrons. The van der Waals surface area contributed by atoms with Crippen molar-refractivity contribution >= 4 is 21.8 Å². The highest BCUT2D eigenvalue weighted by atomic mass is 16.5. The van der Waals surface area contributed by atoms with E-state index < -0.39 is 0 Å². The normalized spacial score (nSPS) is 11.5. The Morgan fingerprint density at radius 1 is 0.645 bits per heavy atom. The summed E-state index contributed by atoms with van der Waals surface area (Å²) < 4.78 is 11.1. The first-order valence-electron chi connectivity index (χ1n) is 10.5. The van der Waals surface area contributed by atoms with E-state index in [1.165, 1.54) is 33.3 Å². The van der Waals surface area contributed by atoms with Gasteiger partial charge < -0.3 is 19.4 Å². The van der Waals surface area contributed by atoms with Gasteiger partial charge in [0.25, 0.3) is 0 Å². The monoisotopic (exact) mass is 410 g/mol. The largest absolute Gasteiger partial charge is 0.493 e. The van der Waals surface area contributed by atoms with Gasteiger partial charge in [0.05, 0.1) is 20.1 Å². The van der Waals surface area contributed by atoms with Gasteiger partial charge in [-0.15, -0.1) is 0 Å². The summed E-state index contributed by atoms with van der Waals surface area (Å²) in [6, 6.07) is 23.1. The van der Waals surface area contributed by atoms with E-state index in [1.807, 2.05) is 6.07 Å². The number of aryl methyl sites for hydroxylation is 2. The maximum atomic E-state index is 5.63.